The van der Waals surface area contributed by atoms with Crippen LogP contribution in [0.5, 0.6) is 11.5 Å². The van der Waals surface area contributed by atoms with E-state index in [1.54, 1.807) is 18.2 Å². The van der Waals surface area contributed by atoms with Gasteiger partial charge in [-0.1, -0.05) is 35.9 Å². The molecule has 0 aliphatic carbocycles. The molecule has 0 spiro atoms. The highest BCUT2D eigenvalue weighted by Crippen LogP contribution is 2.36. The van der Waals surface area contributed by atoms with Crippen LogP contribution < -0.4 is 15.4 Å². The van der Waals surface area contributed by atoms with Gasteiger partial charge in [-0.15, -0.1) is 0 Å². The van der Waals surface area contributed by atoms with Crippen LogP contribution in [0, 0.1) is 6.92 Å². The average molecular weight is 478 g/mol. The first kappa shape index (κ1) is 24.2. The first-order valence-electron chi connectivity index (χ1n) is 11.6. The quantitative estimate of drug-likeness (QED) is 0.437. The molecule has 1 aliphatic rings. The highest BCUT2D eigenvalue weighted by Gasteiger charge is 2.38. The summed E-state index contributed by atoms with van der Waals surface area (Å²) < 4.78 is 6.16. The van der Waals surface area contributed by atoms with E-state index >= 15 is 0 Å². The van der Waals surface area contributed by atoms with Crippen LogP contribution in [0.3, 0.4) is 0 Å². The van der Waals surface area contributed by atoms with Crippen molar-refractivity contribution in [3.8, 4) is 22.6 Å². The second-order valence-corrected chi connectivity index (χ2v) is 10.8. The molecule has 0 bridgehead atoms. The number of halogens is 1. The molecular weight excluding hydrogens is 446 g/mol. The molecule has 0 unspecified atom stereocenters. The lowest BCUT2D eigenvalue weighted by atomic mass is 9.79. The molecule has 0 saturated carbocycles. The van der Waals surface area contributed by atoms with Gasteiger partial charge in [-0.05, 0) is 77.8 Å². The summed E-state index contributed by atoms with van der Waals surface area (Å²) in [6.07, 6.45) is 3.55. The number of carbonyl (C=O) groups excluding carboxylic acids is 1. The van der Waals surface area contributed by atoms with Crippen LogP contribution in [0.1, 0.15) is 56.6 Å². The van der Waals surface area contributed by atoms with E-state index in [2.05, 4.69) is 43.3 Å². The first-order chi connectivity index (χ1) is 16.0. The summed E-state index contributed by atoms with van der Waals surface area (Å²) in [7, 11) is 0. The molecule has 5 nitrogen and oxygen atoms in total. The number of piperidine rings is 1. The summed E-state index contributed by atoms with van der Waals surface area (Å²) in [6, 6.07) is 17.0. The number of aryl methyl sites for hydroxylation is 1. The predicted octanol–water partition coefficient (Wildman–Crippen LogP) is 6.54. The van der Waals surface area contributed by atoms with Crippen molar-refractivity contribution in [3.63, 3.8) is 0 Å². The van der Waals surface area contributed by atoms with Gasteiger partial charge in [0.15, 0.2) is 0 Å². The molecule has 1 aromatic heterocycles. The molecular formula is C28H32ClN3O2. The van der Waals surface area contributed by atoms with Crippen LogP contribution >= 0.6 is 11.6 Å². The number of amides is 1. The topological polar surface area (TPSA) is 63.2 Å². The third-order valence-corrected chi connectivity index (χ3v) is 6.34. The van der Waals surface area contributed by atoms with Gasteiger partial charge in [0.2, 0.25) is 0 Å². The number of ether oxygens (including phenoxy) is 1. The minimum absolute atomic E-state index is 0.0462. The summed E-state index contributed by atoms with van der Waals surface area (Å²) in [5.41, 5.74) is 3.26. The second-order valence-electron chi connectivity index (χ2n) is 10.4. The van der Waals surface area contributed by atoms with Crippen LogP contribution in [0.15, 0.2) is 60.8 Å². The Labute approximate surface area is 206 Å². The van der Waals surface area contributed by atoms with Crippen molar-refractivity contribution in [1.82, 2.24) is 15.6 Å². The monoisotopic (exact) mass is 477 g/mol. The van der Waals surface area contributed by atoms with Gasteiger partial charge in [0, 0.05) is 45.7 Å². The SMILES string of the molecule is Cc1ccc(-c2ccccc2Oc2ccc(C(=O)NC3CC(C)(C)NC(C)(C)C3)cc2Cl)cn1. The van der Waals surface area contributed by atoms with Crippen molar-refractivity contribution < 1.29 is 9.53 Å². The summed E-state index contributed by atoms with van der Waals surface area (Å²) in [4.78, 5) is 17.4. The van der Waals surface area contributed by atoms with Crippen molar-refractivity contribution >= 4 is 17.5 Å². The molecule has 2 aromatic carbocycles. The number of benzene rings is 2. The number of nitrogens with one attached hydrogen (secondary N) is 2. The van der Waals surface area contributed by atoms with E-state index in [1.165, 1.54) is 0 Å². The molecule has 1 amide bonds. The lowest BCUT2D eigenvalue weighted by Crippen LogP contribution is -2.62. The van der Waals surface area contributed by atoms with Crippen LogP contribution in [0.25, 0.3) is 11.1 Å². The fraction of sp³-hybridized carbons (Fsp3) is 0.357. The Kier molecular flexibility index (Phi) is 6.70. The maximum atomic E-state index is 13.0. The number of rotatable bonds is 5. The zero-order valence-electron chi connectivity index (χ0n) is 20.4. The number of carbonyl (C=O) groups is 1. The minimum atomic E-state index is -0.127. The first-order valence-corrected chi connectivity index (χ1v) is 12.0. The summed E-state index contributed by atoms with van der Waals surface area (Å²) in [5.74, 6) is 1.04. The van der Waals surface area contributed by atoms with Crippen LogP contribution in [0.2, 0.25) is 5.02 Å². The van der Waals surface area contributed by atoms with Gasteiger partial charge < -0.3 is 15.4 Å². The average Bonchev–Trinajstić information content (AvgIpc) is 2.74. The van der Waals surface area contributed by atoms with Crippen LogP contribution in [-0.4, -0.2) is 28.0 Å². The zero-order chi connectivity index (χ0) is 24.5. The van der Waals surface area contributed by atoms with Gasteiger partial charge >= 0.3 is 0 Å². The third kappa shape index (κ3) is 5.78. The molecule has 1 saturated heterocycles. The van der Waals surface area contributed by atoms with Gasteiger partial charge in [0.25, 0.3) is 5.91 Å². The maximum absolute atomic E-state index is 13.0. The fourth-order valence-corrected chi connectivity index (χ4v) is 5.18. The molecule has 1 fully saturated rings. The van der Waals surface area contributed by atoms with Crippen molar-refractivity contribution in [2.24, 2.45) is 0 Å². The number of pyridine rings is 1. The van der Waals surface area contributed by atoms with Crippen LogP contribution in [0.4, 0.5) is 0 Å². The van der Waals surface area contributed by atoms with Crippen molar-refractivity contribution in [3.05, 3.63) is 77.1 Å². The fourth-order valence-electron chi connectivity index (χ4n) is 4.96. The highest BCUT2D eigenvalue weighted by atomic mass is 35.5. The molecule has 0 atom stereocenters. The highest BCUT2D eigenvalue weighted by molar-refractivity contribution is 6.32. The normalized spacial score (nSPS) is 17.2. The molecule has 4 rings (SSSR count). The van der Waals surface area contributed by atoms with E-state index in [4.69, 9.17) is 16.3 Å². The Morgan fingerprint density at radius 3 is 2.38 bits per heavy atom. The Morgan fingerprint density at radius 2 is 1.74 bits per heavy atom. The Bertz CT molecular complexity index is 1170. The lowest BCUT2D eigenvalue weighted by molar-refractivity contribution is 0.0873. The number of para-hydroxylation sites is 1. The maximum Gasteiger partial charge on any atom is 0.251 e. The van der Waals surface area contributed by atoms with Gasteiger partial charge in [0.05, 0.1) is 5.02 Å². The molecule has 2 heterocycles. The smallest absolute Gasteiger partial charge is 0.251 e. The van der Waals surface area contributed by atoms with Crippen LogP contribution in [-0.2, 0) is 0 Å². The third-order valence-electron chi connectivity index (χ3n) is 6.05. The second kappa shape index (κ2) is 9.40. The van der Waals surface area contributed by atoms with Gasteiger partial charge in [-0.3, -0.25) is 9.78 Å². The number of hydrogen-bond donors (Lipinski definition) is 2. The largest absolute Gasteiger partial charge is 0.455 e. The molecule has 6 heteroatoms. The van der Waals surface area contributed by atoms with E-state index in [0.717, 1.165) is 29.7 Å². The molecule has 0 radical (unpaired) electrons. The van der Waals surface area contributed by atoms with E-state index in [-0.39, 0.29) is 23.0 Å². The van der Waals surface area contributed by atoms with Crippen molar-refractivity contribution in [2.75, 3.05) is 0 Å². The minimum Gasteiger partial charge on any atom is -0.455 e. The van der Waals surface area contributed by atoms with Gasteiger partial charge in [0.1, 0.15) is 11.5 Å². The molecule has 178 valence electrons. The van der Waals surface area contributed by atoms with E-state index in [0.29, 0.717) is 22.1 Å². The number of nitrogens with zero attached hydrogens (tertiary/aromatic N) is 1. The van der Waals surface area contributed by atoms with E-state index in [1.807, 2.05) is 49.5 Å². The number of hydrogen-bond acceptors (Lipinski definition) is 4. The summed E-state index contributed by atoms with van der Waals surface area (Å²) in [5, 5.41) is 7.22. The lowest BCUT2D eigenvalue weighted by Gasteiger charge is -2.46. The molecule has 1 aliphatic heterocycles. The summed E-state index contributed by atoms with van der Waals surface area (Å²) >= 11 is 6.55. The Balaban J connectivity index is 1.50. The van der Waals surface area contributed by atoms with Crippen molar-refractivity contribution in [2.45, 2.75) is 64.6 Å². The van der Waals surface area contributed by atoms with E-state index in [9.17, 15) is 4.79 Å². The number of aromatic nitrogens is 1. The van der Waals surface area contributed by atoms with Gasteiger partial charge in [-0.25, -0.2) is 0 Å². The van der Waals surface area contributed by atoms with Gasteiger partial charge in [-0.2, -0.15) is 0 Å². The molecule has 34 heavy (non-hydrogen) atoms. The zero-order valence-corrected chi connectivity index (χ0v) is 21.2. The molecule has 3 aromatic rings. The van der Waals surface area contributed by atoms with Crippen molar-refractivity contribution in [1.29, 1.82) is 0 Å². The molecule has 2 N–H and O–H groups in total. The van der Waals surface area contributed by atoms with E-state index < -0.39 is 0 Å². The Hall–Kier alpha value is -2.89. The Morgan fingerprint density at radius 1 is 1.03 bits per heavy atom. The summed E-state index contributed by atoms with van der Waals surface area (Å²) in [6.45, 7) is 10.6. The standard InChI is InChI=1S/C28H32ClN3O2/c1-18-10-11-20(17-30-18)22-8-6-7-9-24(22)34-25-13-12-19(14-23(25)29)26(33)31-21-15-27(2,3)32-28(4,5)16-21/h6-14,17,21,32H,15-16H2,1-5H3,(H,31,33). The predicted molar refractivity (Wildman–Crippen MR) is 138 cm³/mol.